The number of aryl methyl sites for hydroxylation is 1. The fraction of sp³-hybridized carbons (Fsp3) is 0.647. The van der Waals surface area contributed by atoms with Crippen molar-refractivity contribution in [3.05, 3.63) is 23.7 Å². The maximum atomic E-state index is 12.2. The van der Waals surface area contributed by atoms with Crippen LogP contribution in [0.3, 0.4) is 0 Å². The van der Waals surface area contributed by atoms with Crippen LogP contribution in [0.25, 0.3) is 0 Å². The summed E-state index contributed by atoms with van der Waals surface area (Å²) in [4.78, 5) is 26.1. The van der Waals surface area contributed by atoms with Crippen molar-refractivity contribution in [1.29, 1.82) is 0 Å². The van der Waals surface area contributed by atoms with Gasteiger partial charge in [-0.25, -0.2) is 0 Å². The summed E-state index contributed by atoms with van der Waals surface area (Å²) in [6, 6.07) is 3.88. The van der Waals surface area contributed by atoms with Crippen molar-refractivity contribution in [3.63, 3.8) is 0 Å². The van der Waals surface area contributed by atoms with Crippen LogP contribution in [0.1, 0.15) is 37.2 Å². The van der Waals surface area contributed by atoms with Gasteiger partial charge in [0.2, 0.25) is 11.8 Å². The predicted octanol–water partition coefficient (Wildman–Crippen LogP) is 1.90. The van der Waals surface area contributed by atoms with Crippen molar-refractivity contribution in [3.8, 4) is 0 Å². The van der Waals surface area contributed by atoms with Crippen molar-refractivity contribution in [2.45, 2.75) is 39.0 Å². The number of carbonyl (C=O) groups excluding carboxylic acids is 2. The van der Waals surface area contributed by atoms with Gasteiger partial charge < -0.3 is 14.6 Å². The Balaban J connectivity index is 1.37. The predicted molar refractivity (Wildman–Crippen MR) is 82.2 cm³/mol. The minimum Gasteiger partial charge on any atom is -0.466 e. The van der Waals surface area contributed by atoms with Gasteiger partial charge in [-0.05, 0) is 44.7 Å². The Morgan fingerprint density at radius 3 is 2.50 bits per heavy atom. The maximum Gasteiger partial charge on any atom is 0.225 e. The highest BCUT2D eigenvalue weighted by atomic mass is 16.3. The lowest BCUT2D eigenvalue weighted by Crippen LogP contribution is -2.43. The minimum absolute atomic E-state index is 0.0431. The molecule has 2 aliphatic rings. The molecule has 0 bridgehead atoms. The number of hydrogen-bond acceptors (Lipinski definition) is 3. The molecule has 5 heteroatoms. The van der Waals surface area contributed by atoms with Crippen molar-refractivity contribution < 1.29 is 14.0 Å². The van der Waals surface area contributed by atoms with E-state index in [2.05, 4.69) is 5.32 Å². The van der Waals surface area contributed by atoms with Gasteiger partial charge in [0, 0.05) is 37.9 Å². The lowest BCUT2D eigenvalue weighted by molar-refractivity contribution is -0.136. The van der Waals surface area contributed by atoms with E-state index in [1.54, 1.807) is 0 Å². The third-order valence-corrected chi connectivity index (χ3v) is 4.57. The number of likely N-dealkylation sites (tertiary alicyclic amines) is 1. The molecule has 0 aromatic carbocycles. The Bertz CT molecular complexity index is 540. The zero-order chi connectivity index (χ0) is 15.5. The monoisotopic (exact) mass is 304 g/mol. The summed E-state index contributed by atoms with van der Waals surface area (Å²) in [6.45, 7) is 3.97. The van der Waals surface area contributed by atoms with E-state index in [0.717, 1.165) is 56.7 Å². The summed E-state index contributed by atoms with van der Waals surface area (Å²) in [5, 5.41) is 2.99. The molecule has 120 valence electrons. The van der Waals surface area contributed by atoms with Gasteiger partial charge in [-0.3, -0.25) is 9.59 Å². The van der Waals surface area contributed by atoms with Gasteiger partial charge in [0.25, 0.3) is 0 Å². The second kappa shape index (κ2) is 6.55. The lowest BCUT2D eigenvalue weighted by atomic mass is 9.95. The SMILES string of the molecule is Cc1ccc(CCNC(=O)C2CCN(C(=O)C3CC3)CC2)o1. The van der Waals surface area contributed by atoms with Crippen molar-refractivity contribution in [2.24, 2.45) is 11.8 Å². The summed E-state index contributed by atoms with van der Waals surface area (Å²) in [7, 11) is 0. The lowest BCUT2D eigenvalue weighted by Gasteiger charge is -2.31. The Kier molecular flexibility index (Phi) is 4.50. The number of rotatable bonds is 5. The molecule has 0 atom stereocenters. The second-order valence-electron chi connectivity index (χ2n) is 6.43. The molecule has 0 spiro atoms. The van der Waals surface area contributed by atoms with E-state index in [1.165, 1.54) is 0 Å². The van der Waals surface area contributed by atoms with Crippen LogP contribution in [-0.4, -0.2) is 36.3 Å². The Morgan fingerprint density at radius 1 is 1.18 bits per heavy atom. The Morgan fingerprint density at radius 2 is 1.91 bits per heavy atom. The molecule has 1 aromatic rings. The standard InChI is InChI=1S/C17H24N2O3/c1-12-2-5-15(22-12)6-9-18-16(20)13-7-10-19(11-8-13)17(21)14-3-4-14/h2,5,13-14H,3-4,6-11H2,1H3,(H,18,20). The zero-order valence-corrected chi connectivity index (χ0v) is 13.1. The molecule has 1 saturated heterocycles. The summed E-state index contributed by atoms with van der Waals surface area (Å²) in [5.41, 5.74) is 0. The summed E-state index contributed by atoms with van der Waals surface area (Å²) in [6.07, 6.45) is 4.38. The first-order chi connectivity index (χ1) is 10.6. The Labute approximate surface area is 131 Å². The molecule has 1 N–H and O–H groups in total. The van der Waals surface area contributed by atoms with Crippen LogP contribution in [0, 0.1) is 18.8 Å². The number of nitrogens with zero attached hydrogens (tertiary/aromatic N) is 1. The molecule has 3 rings (SSSR count). The summed E-state index contributed by atoms with van der Waals surface area (Å²) < 4.78 is 5.48. The fourth-order valence-corrected chi connectivity index (χ4v) is 3.02. The molecular weight excluding hydrogens is 280 g/mol. The average molecular weight is 304 g/mol. The maximum absolute atomic E-state index is 12.2. The first kappa shape index (κ1) is 15.1. The van der Waals surface area contributed by atoms with Crippen LogP contribution < -0.4 is 5.32 Å². The van der Waals surface area contributed by atoms with E-state index in [0.29, 0.717) is 12.5 Å². The van der Waals surface area contributed by atoms with Gasteiger partial charge in [0.1, 0.15) is 11.5 Å². The first-order valence-corrected chi connectivity index (χ1v) is 8.25. The van der Waals surface area contributed by atoms with E-state index in [-0.39, 0.29) is 17.7 Å². The fourth-order valence-electron chi connectivity index (χ4n) is 3.02. The normalized spacial score (nSPS) is 19.2. The smallest absolute Gasteiger partial charge is 0.225 e. The van der Waals surface area contributed by atoms with Gasteiger partial charge in [-0.15, -0.1) is 0 Å². The Hall–Kier alpha value is -1.78. The van der Waals surface area contributed by atoms with Crippen LogP contribution in [0.5, 0.6) is 0 Å². The number of furan rings is 1. The zero-order valence-electron chi connectivity index (χ0n) is 13.1. The van der Waals surface area contributed by atoms with E-state index in [9.17, 15) is 9.59 Å². The van der Waals surface area contributed by atoms with Gasteiger partial charge in [-0.1, -0.05) is 0 Å². The van der Waals surface area contributed by atoms with E-state index in [4.69, 9.17) is 4.42 Å². The van der Waals surface area contributed by atoms with Gasteiger partial charge >= 0.3 is 0 Å². The van der Waals surface area contributed by atoms with Gasteiger partial charge in [-0.2, -0.15) is 0 Å². The van der Waals surface area contributed by atoms with Crippen LogP contribution in [-0.2, 0) is 16.0 Å². The molecule has 1 aliphatic carbocycles. The highest BCUT2D eigenvalue weighted by Gasteiger charge is 2.35. The molecule has 2 fully saturated rings. The molecule has 1 saturated carbocycles. The first-order valence-electron chi connectivity index (χ1n) is 8.25. The summed E-state index contributed by atoms with van der Waals surface area (Å²) in [5.74, 6) is 2.54. The third-order valence-electron chi connectivity index (χ3n) is 4.57. The van der Waals surface area contributed by atoms with Crippen molar-refractivity contribution in [2.75, 3.05) is 19.6 Å². The minimum atomic E-state index is 0.0431. The molecule has 2 heterocycles. The second-order valence-corrected chi connectivity index (χ2v) is 6.43. The third kappa shape index (κ3) is 3.70. The van der Waals surface area contributed by atoms with E-state index in [1.807, 2.05) is 24.0 Å². The largest absolute Gasteiger partial charge is 0.466 e. The average Bonchev–Trinajstić information content (AvgIpc) is 3.30. The summed E-state index contributed by atoms with van der Waals surface area (Å²) >= 11 is 0. The highest BCUT2D eigenvalue weighted by Crippen LogP contribution is 2.32. The van der Waals surface area contributed by atoms with Crippen LogP contribution in [0.4, 0.5) is 0 Å². The van der Waals surface area contributed by atoms with E-state index < -0.39 is 0 Å². The van der Waals surface area contributed by atoms with Crippen LogP contribution in [0.15, 0.2) is 16.5 Å². The number of carbonyl (C=O) groups is 2. The van der Waals surface area contributed by atoms with E-state index >= 15 is 0 Å². The number of piperidine rings is 1. The molecule has 22 heavy (non-hydrogen) atoms. The van der Waals surface area contributed by atoms with Crippen molar-refractivity contribution in [1.82, 2.24) is 10.2 Å². The van der Waals surface area contributed by atoms with Crippen LogP contribution in [0.2, 0.25) is 0 Å². The van der Waals surface area contributed by atoms with Gasteiger partial charge in [0.05, 0.1) is 0 Å². The molecule has 2 amide bonds. The van der Waals surface area contributed by atoms with Gasteiger partial charge in [0.15, 0.2) is 0 Å². The topological polar surface area (TPSA) is 62.6 Å². The molecule has 5 nitrogen and oxygen atoms in total. The highest BCUT2D eigenvalue weighted by molar-refractivity contribution is 5.82. The number of nitrogens with one attached hydrogen (secondary N) is 1. The van der Waals surface area contributed by atoms with Crippen molar-refractivity contribution >= 4 is 11.8 Å². The molecule has 0 unspecified atom stereocenters. The van der Waals surface area contributed by atoms with Crippen LogP contribution >= 0.6 is 0 Å². The molecular formula is C17H24N2O3. The quantitative estimate of drug-likeness (QED) is 0.903. The number of hydrogen-bond donors (Lipinski definition) is 1. The molecule has 1 aliphatic heterocycles. The molecule has 0 radical (unpaired) electrons. The number of amides is 2. The molecule has 1 aromatic heterocycles.